The van der Waals surface area contributed by atoms with Crippen LogP contribution in [0.25, 0.3) is 0 Å². The molecule has 0 atom stereocenters. The Hall–Kier alpha value is -0.840. The number of aliphatic hydroxyl groups excluding tert-OH is 1. The van der Waals surface area contributed by atoms with Gasteiger partial charge in [0.15, 0.2) is 4.34 Å². The Bertz CT molecular complexity index is 383. The molecule has 0 bridgehead atoms. The van der Waals surface area contributed by atoms with E-state index < -0.39 is 0 Å². The van der Waals surface area contributed by atoms with E-state index in [9.17, 15) is 0 Å². The molecule has 0 saturated heterocycles. The largest absolute Gasteiger partial charge is 0.392 e. The molecule has 0 aliphatic rings. The molecular formula is C10H9NOS2. The van der Waals surface area contributed by atoms with Crippen LogP contribution >= 0.6 is 23.1 Å². The monoisotopic (exact) mass is 223 g/mol. The normalized spacial score (nSPS) is 10.4. The van der Waals surface area contributed by atoms with E-state index in [1.165, 1.54) is 0 Å². The molecule has 72 valence electrons. The second kappa shape index (κ2) is 4.59. The average Bonchev–Trinajstić information content (AvgIpc) is 2.72. The molecule has 0 saturated carbocycles. The summed E-state index contributed by atoms with van der Waals surface area (Å²) in [5, 5.41) is 10.8. The first-order chi connectivity index (χ1) is 6.88. The first kappa shape index (κ1) is 9.71. The molecule has 1 aromatic carbocycles. The second-order valence-electron chi connectivity index (χ2n) is 2.70. The van der Waals surface area contributed by atoms with Gasteiger partial charge in [-0.2, -0.15) is 0 Å². The first-order valence-electron chi connectivity index (χ1n) is 4.15. The van der Waals surface area contributed by atoms with Crippen molar-refractivity contribution in [1.82, 2.24) is 4.98 Å². The van der Waals surface area contributed by atoms with Crippen LogP contribution in [0.5, 0.6) is 0 Å². The average molecular weight is 223 g/mol. The Morgan fingerprint density at radius 3 is 2.64 bits per heavy atom. The fourth-order valence-electron chi connectivity index (χ4n) is 1.02. The number of rotatable bonds is 3. The zero-order valence-electron chi connectivity index (χ0n) is 7.38. The van der Waals surface area contributed by atoms with E-state index in [2.05, 4.69) is 4.98 Å². The van der Waals surface area contributed by atoms with E-state index in [0.717, 1.165) is 14.8 Å². The van der Waals surface area contributed by atoms with E-state index in [1.54, 1.807) is 29.3 Å². The summed E-state index contributed by atoms with van der Waals surface area (Å²) in [6, 6.07) is 7.85. The summed E-state index contributed by atoms with van der Waals surface area (Å²) in [4.78, 5) is 5.34. The van der Waals surface area contributed by atoms with Crippen LogP contribution in [0.1, 0.15) is 5.56 Å². The maximum absolute atomic E-state index is 8.87. The van der Waals surface area contributed by atoms with Crippen molar-refractivity contribution in [2.24, 2.45) is 0 Å². The summed E-state index contributed by atoms with van der Waals surface area (Å²) in [6.45, 7) is 0.0994. The van der Waals surface area contributed by atoms with Gasteiger partial charge in [0, 0.05) is 16.5 Å². The summed E-state index contributed by atoms with van der Waals surface area (Å²) in [5.74, 6) is 0. The number of hydrogen-bond donors (Lipinski definition) is 1. The van der Waals surface area contributed by atoms with Crippen molar-refractivity contribution in [3.8, 4) is 0 Å². The minimum Gasteiger partial charge on any atom is -0.392 e. The standard InChI is InChI=1S/C10H9NOS2/c12-7-8-1-3-9(4-2-8)14-10-11-5-6-13-10/h1-6,12H,7H2. The number of thiazole rings is 1. The van der Waals surface area contributed by atoms with Gasteiger partial charge in [0.1, 0.15) is 0 Å². The topological polar surface area (TPSA) is 33.1 Å². The minimum absolute atomic E-state index is 0.0994. The van der Waals surface area contributed by atoms with Crippen LogP contribution in [-0.2, 0) is 6.61 Å². The predicted octanol–water partition coefficient (Wildman–Crippen LogP) is 2.79. The highest BCUT2D eigenvalue weighted by Crippen LogP contribution is 2.28. The lowest BCUT2D eigenvalue weighted by atomic mass is 10.2. The van der Waals surface area contributed by atoms with Gasteiger partial charge >= 0.3 is 0 Å². The summed E-state index contributed by atoms with van der Waals surface area (Å²) in [7, 11) is 0. The van der Waals surface area contributed by atoms with Gasteiger partial charge in [0.05, 0.1) is 6.61 Å². The lowest BCUT2D eigenvalue weighted by Gasteiger charge is -1.98. The molecule has 0 fully saturated rings. The Kier molecular flexibility index (Phi) is 3.18. The van der Waals surface area contributed by atoms with E-state index in [0.29, 0.717) is 0 Å². The third kappa shape index (κ3) is 2.35. The third-order valence-corrected chi connectivity index (χ3v) is 3.61. The van der Waals surface area contributed by atoms with Crippen molar-refractivity contribution in [3.63, 3.8) is 0 Å². The molecular weight excluding hydrogens is 214 g/mol. The Morgan fingerprint density at radius 1 is 1.29 bits per heavy atom. The van der Waals surface area contributed by atoms with Crippen molar-refractivity contribution in [2.75, 3.05) is 0 Å². The molecule has 2 rings (SSSR count). The summed E-state index contributed by atoms with van der Waals surface area (Å²) in [6.07, 6.45) is 1.80. The van der Waals surface area contributed by atoms with Gasteiger partial charge < -0.3 is 5.11 Å². The fourth-order valence-corrected chi connectivity index (χ4v) is 2.62. The molecule has 4 heteroatoms. The van der Waals surface area contributed by atoms with E-state index in [1.807, 2.05) is 29.6 Å². The van der Waals surface area contributed by atoms with Gasteiger partial charge in [0.25, 0.3) is 0 Å². The second-order valence-corrected chi connectivity index (χ2v) is 4.92. The number of hydrogen-bond acceptors (Lipinski definition) is 4. The van der Waals surface area contributed by atoms with Crippen LogP contribution in [0.4, 0.5) is 0 Å². The number of aromatic nitrogens is 1. The SMILES string of the molecule is OCc1ccc(Sc2nccs2)cc1. The van der Waals surface area contributed by atoms with Crippen LogP contribution in [0.2, 0.25) is 0 Å². The summed E-state index contributed by atoms with van der Waals surface area (Å²) in [5.41, 5.74) is 0.938. The fraction of sp³-hybridized carbons (Fsp3) is 0.100. The molecule has 0 spiro atoms. The van der Waals surface area contributed by atoms with Gasteiger partial charge in [-0.25, -0.2) is 4.98 Å². The highest BCUT2D eigenvalue weighted by molar-refractivity contribution is 8.01. The highest BCUT2D eigenvalue weighted by atomic mass is 32.2. The Labute approximate surface area is 90.6 Å². The van der Waals surface area contributed by atoms with E-state index in [-0.39, 0.29) is 6.61 Å². The summed E-state index contributed by atoms with van der Waals surface area (Å²) >= 11 is 3.27. The van der Waals surface area contributed by atoms with E-state index in [4.69, 9.17) is 5.11 Å². The van der Waals surface area contributed by atoms with Crippen molar-refractivity contribution in [3.05, 3.63) is 41.4 Å². The van der Waals surface area contributed by atoms with Crippen LogP contribution < -0.4 is 0 Å². The molecule has 1 N–H and O–H groups in total. The number of aliphatic hydroxyl groups is 1. The maximum atomic E-state index is 8.87. The number of benzene rings is 1. The molecule has 1 aromatic heterocycles. The lowest BCUT2D eigenvalue weighted by molar-refractivity contribution is 0.282. The van der Waals surface area contributed by atoms with Crippen LogP contribution in [0.3, 0.4) is 0 Å². The molecule has 2 aromatic rings. The smallest absolute Gasteiger partial charge is 0.154 e. The Morgan fingerprint density at radius 2 is 2.07 bits per heavy atom. The van der Waals surface area contributed by atoms with Crippen molar-refractivity contribution in [1.29, 1.82) is 0 Å². The molecule has 0 radical (unpaired) electrons. The Balaban J connectivity index is 2.10. The molecule has 14 heavy (non-hydrogen) atoms. The van der Waals surface area contributed by atoms with Crippen molar-refractivity contribution < 1.29 is 5.11 Å². The van der Waals surface area contributed by atoms with Gasteiger partial charge in [-0.1, -0.05) is 23.9 Å². The number of nitrogens with zero attached hydrogens (tertiary/aromatic N) is 1. The van der Waals surface area contributed by atoms with Crippen molar-refractivity contribution in [2.45, 2.75) is 15.8 Å². The maximum Gasteiger partial charge on any atom is 0.154 e. The highest BCUT2D eigenvalue weighted by Gasteiger charge is 1.99. The molecule has 0 aliphatic heterocycles. The third-order valence-electron chi connectivity index (χ3n) is 1.72. The zero-order chi connectivity index (χ0) is 9.80. The van der Waals surface area contributed by atoms with Gasteiger partial charge in [-0.3, -0.25) is 0 Å². The first-order valence-corrected chi connectivity index (χ1v) is 5.85. The van der Waals surface area contributed by atoms with Gasteiger partial charge in [-0.15, -0.1) is 11.3 Å². The van der Waals surface area contributed by atoms with Crippen LogP contribution in [-0.4, -0.2) is 10.1 Å². The van der Waals surface area contributed by atoms with Gasteiger partial charge in [-0.05, 0) is 17.7 Å². The van der Waals surface area contributed by atoms with Gasteiger partial charge in [0.2, 0.25) is 0 Å². The zero-order valence-corrected chi connectivity index (χ0v) is 9.02. The molecule has 0 aliphatic carbocycles. The van der Waals surface area contributed by atoms with Crippen LogP contribution in [0.15, 0.2) is 45.1 Å². The predicted molar refractivity (Wildman–Crippen MR) is 58.6 cm³/mol. The summed E-state index contributed by atoms with van der Waals surface area (Å²) < 4.78 is 1.04. The molecule has 0 unspecified atom stereocenters. The van der Waals surface area contributed by atoms with Crippen molar-refractivity contribution >= 4 is 23.1 Å². The molecule has 2 nitrogen and oxygen atoms in total. The minimum atomic E-state index is 0.0994. The molecule has 0 amide bonds. The molecule has 1 heterocycles. The quantitative estimate of drug-likeness (QED) is 0.868. The van der Waals surface area contributed by atoms with Crippen LogP contribution in [0, 0.1) is 0 Å². The lowest BCUT2D eigenvalue weighted by Crippen LogP contribution is -1.81. The van der Waals surface area contributed by atoms with E-state index >= 15 is 0 Å².